The molecule has 2 rings (SSSR count). The molecule has 1 atom stereocenters. The van der Waals surface area contributed by atoms with Crippen LogP contribution in [0.1, 0.15) is 66.7 Å². The van der Waals surface area contributed by atoms with E-state index in [-0.39, 0.29) is 5.91 Å². The highest BCUT2D eigenvalue weighted by Crippen LogP contribution is 2.34. The molecule has 140 valence electrons. The molecule has 0 spiro atoms. The van der Waals surface area contributed by atoms with Gasteiger partial charge in [-0.25, -0.2) is 0 Å². The first kappa shape index (κ1) is 19.7. The first-order valence-corrected chi connectivity index (χ1v) is 10.0. The molecule has 4 nitrogen and oxygen atoms in total. The second-order valence-corrected chi connectivity index (χ2v) is 9.24. The molecule has 2 aliphatic heterocycles. The minimum atomic E-state index is 0.229. The number of nitrogens with one attached hydrogen (secondary N) is 1. The predicted molar refractivity (Wildman–Crippen MR) is 101 cm³/mol. The number of rotatable bonds is 4. The van der Waals surface area contributed by atoms with Crippen LogP contribution in [-0.2, 0) is 4.79 Å². The number of carbonyl (C=O) groups excluding carboxylic acids is 1. The fraction of sp³-hybridized carbons (Fsp3) is 0.950. The van der Waals surface area contributed by atoms with E-state index in [0.29, 0.717) is 24.0 Å². The van der Waals surface area contributed by atoms with Gasteiger partial charge in [-0.1, -0.05) is 20.8 Å². The number of piperidine rings is 1. The molecule has 0 aliphatic carbocycles. The third-order valence-corrected chi connectivity index (χ3v) is 6.04. The van der Waals surface area contributed by atoms with Crippen molar-refractivity contribution in [3.05, 3.63) is 0 Å². The Balaban J connectivity index is 1.71. The van der Waals surface area contributed by atoms with E-state index in [4.69, 9.17) is 0 Å². The summed E-state index contributed by atoms with van der Waals surface area (Å²) in [5, 5.41) is 3.28. The van der Waals surface area contributed by atoms with Crippen LogP contribution in [0.3, 0.4) is 0 Å². The van der Waals surface area contributed by atoms with Crippen molar-refractivity contribution in [2.75, 3.05) is 32.7 Å². The quantitative estimate of drug-likeness (QED) is 0.856. The van der Waals surface area contributed by atoms with Gasteiger partial charge in [0.15, 0.2) is 0 Å². The number of amides is 1. The van der Waals surface area contributed by atoms with Crippen LogP contribution >= 0.6 is 0 Å². The highest BCUT2D eigenvalue weighted by atomic mass is 16.2. The Hall–Kier alpha value is -0.610. The summed E-state index contributed by atoms with van der Waals surface area (Å²) in [7, 11) is 0. The van der Waals surface area contributed by atoms with Crippen molar-refractivity contribution < 1.29 is 4.79 Å². The topological polar surface area (TPSA) is 35.6 Å². The van der Waals surface area contributed by atoms with E-state index in [2.05, 4.69) is 49.7 Å². The van der Waals surface area contributed by atoms with Crippen molar-refractivity contribution in [2.24, 2.45) is 11.3 Å². The summed E-state index contributed by atoms with van der Waals surface area (Å²) in [6, 6.07) is 0.997. The maximum atomic E-state index is 12.4. The molecule has 4 heteroatoms. The maximum Gasteiger partial charge on any atom is 0.234 e. The zero-order valence-corrected chi connectivity index (χ0v) is 16.6. The second-order valence-electron chi connectivity index (χ2n) is 9.24. The van der Waals surface area contributed by atoms with E-state index < -0.39 is 0 Å². The molecule has 2 fully saturated rings. The van der Waals surface area contributed by atoms with Crippen molar-refractivity contribution >= 4 is 5.91 Å². The Labute approximate surface area is 149 Å². The largest absolute Gasteiger partial charge is 0.352 e. The summed E-state index contributed by atoms with van der Waals surface area (Å²) in [6.45, 7) is 16.5. The molecular weight excluding hydrogens is 298 g/mol. The van der Waals surface area contributed by atoms with Gasteiger partial charge >= 0.3 is 0 Å². The SMILES string of the molecule is CC(C)N1CCC(NC(=O)CN2CCCC(C(C)(C)C)CC2)CC1. The van der Waals surface area contributed by atoms with Crippen LogP contribution in [0.5, 0.6) is 0 Å². The lowest BCUT2D eigenvalue weighted by Crippen LogP contribution is -2.48. The number of nitrogens with zero attached hydrogens (tertiary/aromatic N) is 2. The summed E-state index contributed by atoms with van der Waals surface area (Å²) in [5.41, 5.74) is 0.392. The van der Waals surface area contributed by atoms with Gasteiger partial charge in [-0.05, 0) is 70.4 Å². The highest BCUT2D eigenvalue weighted by molar-refractivity contribution is 5.78. The molecule has 2 aliphatic rings. The molecular formula is C20H39N3O. The first-order valence-electron chi connectivity index (χ1n) is 10.0. The van der Waals surface area contributed by atoms with Gasteiger partial charge in [0.05, 0.1) is 6.54 Å². The monoisotopic (exact) mass is 337 g/mol. The van der Waals surface area contributed by atoms with Crippen LogP contribution in [0.15, 0.2) is 0 Å². The average molecular weight is 338 g/mol. The van der Waals surface area contributed by atoms with Gasteiger partial charge < -0.3 is 10.2 Å². The molecule has 2 saturated heterocycles. The van der Waals surface area contributed by atoms with E-state index in [1.807, 2.05) is 0 Å². The van der Waals surface area contributed by atoms with Crippen molar-refractivity contribution in [1.82, 2.24) is 15.1 Å². The van der Waals surface area contributed by atoms with E-state index >= 15 is 0 Å². The van der Waals surface area contributed by atoms with E-state index in [0.717, 1.165) is 44.9 Å². The van der Waals surface area contributed by atoms with Crippen LogP contribution in [0, 0.1) is 11.3 Å². The maximum absolute atomic E-state index is 12.4. The molecule has 0 aromatic carbocycles. The van der Waals surface area contributed by atoms with Gasteiger partial charge in [0.1, 0.15) is 0 Å². The summed E-state index contributed by atoms with van der Waals surface area (Å²) in [5.74, 6) is 1.01. The van der Waals surface area contributed by atoms with Gasteiger partial charge in [0.2, 0.25) is 5.91 Å². The van der Waals surface area contributed by atoms with Crippen LogP contribution in [-0.4, -0.2) is 60.5 Å². The molecule has 0 bridgehead atoms. The molecule has 0 aromatic rings. The molecule has 0 radical (unpaired) electrons. The van der Waals surface area contributed by atoms with Crippen LogP contribution in [0.2, 0.25) is 0 Å². The van der Waals surface area contributed by atoms with Gasteiger partial charge in [0.25, 0.3) is 0 Å². The van der Waals surface area contributed by atoms with Crippen LogP contribution in [0.4, 0.5) is 0 Å². The Kier molecular flexibility index (Phi) is 7.11. The fourth-order valence-corrected chi connectivity index (χ4v) is 4.22. The third kappa shape index (κ3) is 6.03. The predicted octanol–water partition coefficient (Wildman–Crippen LogP) is 3.12. The van der Waals surface area contributed by atoms with Crippen molar-refractivity contribution in [2.45, 2.75) is 78.8 Å². The van der Waals surface area contributed by atoms with Crippen LogP contribution in [0.25, 0.3) is 0 Å². The number of hydrogen-bond acceptors (Lipinski definition) is 3. The first-order chi connectivity index (χ1) is 11.3. The molecule has 2 heterocycles. The molecule has 0 saturated carbocycles. The lowest BCUT2D eigenvalue weighted by molar-refractivity contribution is -0.123. The number of likely N-dealkylation sites (tertiary alicyclic amines) is 2. The normalized spacial score (nSPS) is 25.7. The zero-order valence-electron chi connectivity index (χ0n) is 16.6. The number of carbonyl (C=O) groups is 1. The molecule has 1 amide bonds. The van der Waals surface area contributed by atoms with E-state index in [1.54, 1.807) is 0 Å². The third-order valence-electron chi connectivity index (χ3n) is 6.04. The lowest BCUT2D eigenvalue weighted by atomic mass is 9.77. The van der Waals surface area contributed by atoms with Gasteiger partial charge in [-0.2, -0.15) is 0 Å². The molecule has 1 N–H and O–H groups in total. The van der Waals surface area contributed by atoms with Gasteiger partial charge in [0, 0.05) is 25.2 Å². The van der Waals surface area contributed by atoms with Gasteiger partial charge in [-0.15, -0.1) is 0 Å². The summed E-state index contributed by atoms with van der Waals surface area (Å²) in [4.78, 5) is 17.3. The van der Waals surface area contributed by atoms with Crippen molar-refractivity contribution in [1.29, 1.82) is 0 Å². The Morgan fingerprint density at radius 2 is 1.71 bits per heavy atom. The van der Waals surface area contributed by atoms with Crippen LogP contribution < -0.4 is 5.32 Å². The lowest BCUT2D eigenvalue weighted by Gasteiger charge is -2.35. The zero-order chi connectivity index (χ0) is 17.7. The standard InChI is InChI=1S/C20H39N3O/c1-16(2)23-13-9-18(10-14-23)21-19(24)15-22-11-6-7-17(8-12-22)20(3,4)5/h16-18H,6-15H2,1-5H3,(H,21,24). The Bertz CT molecular complexity index is 394. The summed E-state index contributed by atoms with van der Waals surface area (Å²) < 4.78 is 0. The number of hydrogen-bond donors (Lipinski definition) is 1. The van der Waals surface area contributed by atoms with Crippen molar-refractivity contribution in [3.8, 4) is 0 Å². The van der Waals surface area contributed by atoms with E-state index in [1.165, 1.54) is 19.3 Å². The highest BCUT2D eigenvalue weighted by Gasteiger charge is 2.28. The minimum Gasteiger partial charge on any atom is -0.352 e. The van der Waals surface area contributed by atoms with Gasteiger partial charge in [-0.3, -0.25) is 9.69 Å². The van der Waals surface area contributed by atoms with E-state index in [9.17, 15) is 4.79 Å². The Morgan fingerprint density at radius 1 is 1.04 bits per heavy atom. The summed E-state index contributed by atoms with van der Waals surface area (Å²) in [6.07, 6.45) is 5.94. The smallest absolute Gasteiger partial charge is 0.234 e. The molecule has 24 heavy (non-hydrogen) atoms. The van der Waals surface area contributed by atoms with Crippen molar-refractivity contribution in [3.63, 3.8) is 0 Å². The fourth-order valence-electron chi connectivity index (χ4n) is 4.22. The molecule has 0 aromatic heterocycles. The molecule has 1 unspecified atom stereocenters. The Morgan fingerprint density at radius 3 is 2.29 bits per heavy atom. The average Bonchev–Trinajstić information content (AvgIpc) is 2.73. The second kappa shape index (κ2) is 8.66. The minimum absolute atomic E-state index is 0.229. The summed E-state index contributed by atoms with van der Waals surface area (Å²) >= 11 is 0.